The molecule has 0 saturated carbocycles. The molecule has 0 aliphatic heterocycles. The molecular formula is C37H50O3. The van der Waals surface area contributed by atoms with Crippen molar-refractivity contribution < 1.29 is 14.3 Å². The highest BCUT2D eigenvalue weighted by Crippen LogP contribution is 2.24. The van der Waals surface area contributed by atoms with E-state index in [4.69, 9.17) is 9.47 Å². The van der Waals surface area contributed by atoms with Crippen LogP contribution in [0, 0.1) is 0 Å². The smallest absolute Gasteiger partial charge is 0.343 e. The van der Waals surface area contributed by atoms with E-state index in [0.717, 1.165) is 36.1 Å². The lowest BCUT2D eigenvalue weighted by molar-refractivity contribution is 0.0627. The van der Waals surface area contributed by atoms with Crippen LogP contribution in [0.5, 0.6) is 5.75 Å². The first-order valence-electron chi connectivity index (χ1n) is 15.7. The van der Waals surface area contributed by atoms with Crippen LogP contribution in [0.3, 0.4) is 0 Å². The number of carbonyl (C=O) groups is 1. The summed E-state index contributed by atoms with van der Waals surface area (Å²) in [5, 5.41) is 0. The van der Waals surface area contributed by atoms with Crippen LogP contribution < -0.4 is 4.74 Å². The fraction of sp³-hybridized carbons (Fsp3) is 0.486. The zero-order chi connectivity index (χ0) is 28.4. The summed E-state index contributed by atoms with van der Waals surface area (Å²) in [5.41, 5.74) is 5.28. The highest BCUT2D eigenvalue weighted by atomic mass is 16.5. The van der Waals surface area contributed by atoms with Crippen LogP contribution in [0.25, 0.3) is 11.1 Å². The summed E-state index contributed by atoms with van der Waals surface area (Å²) in [6.07, 6.45) is 16.7. The Labute approximate surface area is 243 Å². The number of carbonyl (C=O) groups excluding carboxylic acids is 1. The Morgan fingerprint density at radius 1 is 0.625 bits per heavy atom. The van der Waals surface area contributed by atoms with Crippen molar-refractivity contribution in [1.82, 2.24) is 0 Å². The van der Waals surface area contributed by atoms with Crippen molar-refractivity contribution in [3.63, 3.8) is 0 Å². The van der Waals surface area contributed by atoms with Gasteiger partial charge in [0.25, 0.3) is 0 Å². The minimum absolute atomic E-state index is 0.0250. The molecule has 0 aromatic heterocycles. The van der Waals surface area contributed by atoms with Crippen LogP contribution >= 0.6 is 0 Å². The molecule has 3 aromatic rings. The lowest BCUT2D eigenvalue weighted by atomic mass is 10.0. The van der Waals surface area contributed by atoms with E-state index in [1.807, 2.05) is 48.5 Å². The first kappa shape index (κ1) is 31.6. The first-order chi connectivity index (χ1) is 19.6. The predicted molar refractivity (Wildman–Crippen MR) is 168 cm³/mol. The molecule has 0 heterocycles. The Hall–Kier alpha value is -2.91. The van der Waals surface area contributed by atoms with Gasteiger partial charge in [-0.3, -0.25) is 0 Å². The number of rotatable bonds is 19. The number of hydrogen-bond donors (Lipinski definition) is 0. The molecule has 1 unspecified atom stereocenters. The quantitative estimate of drug-likeness (QED) is 0.0858. The average Bonchev–Trinajstić information content (AvgIpc) is 2.99. The Kier molecular flexibility index (Phi) is 14.6. The van der Waals surface area contributed by atoms with Crippen molar-refractivity contribution in [2.75, 3.05) is 6.61 Å². The van der Waals surface area contributed by atoms with Gasteiger partial charge in [-0.25, -0.2) is 4.79 Å². The van der Waals surface area contributed by atoms with E-state index in [1.54, 1.807) is 0 Å². The molecule has 0 aliphatic rings. The Balaban J connectivity index is 1.40. The summed E-state index contributed by atoms with van der Waals surface area (Å²) in [7, 11) is 0. The van der Waals surface area contributed by atoms with Crippen LogP contribution in [0.4, 0.5) is 0 Å². The molecule has 3 nitrogen and oxygen atoms in total. The maximum atomic E-state index is 12.7. The molecule has 3 heteroatoms. The van der Waals surface area contributed by atoms with Crippen molar-refractivity contribution in [2.24, 2.45) is 0 Å². The third-order valence-electron chi connectivity index (χ3n) is 7.65. The second kappa shape index (κ2) is 18.4. The number of esters is 1. The van der Waals surface area contributed by atoms with Crippen LogP contribution in [0.15, 0.2) is 72.8 Å². The summed E-state index contributed by atoms with van der Waals surface area (Å²) in [6.45, 7) is 7.36. The molecule has 0 spiro atoms. The Morgan fingerprint density at radius 3 is 1.75 bits per heavy atom. The summed E-state index contributed by atoms with van der Waals surface area (Å²) in [6, 6.07) is 24.1. The Morgan fingerprint density at radius 2 is 1.15 bits per heavy atom. The number of benzene rings is 3. The van der Waals surface area contributed by atoms with Crippen molar-refractivity contribution in [3.05, 3.63) is 89.5 Å². The van der Waals surface area contributed by atoms with Crippen molar-refractivity contribution >= 4 is 5.97 Å². The van der Waals surface area contributed by atoms with E-state index in [-0.39, 0.29) is 12.1 Å². The summed E-state index contributed by atoms with van der Waals surface area (Å²) in [5.74, 6) is 0.198. The van der Waals surface area contributed by atoms with Crippen LogP contribution in [0.2, 0.25) is 0 Å². The van der Waals surface area contributed by atoms with E-state index in [2.05, 4.69) is 45.0 Å². The molecule has 0 radical (unpaired) electrons. The van der Waals surface area contributed by atoms with Gasteiger partial charge in [-0.15, -0.1) is 0 Å². The molecule has 40 heavy (non-hydrogen) atoms. The minimum atomic E-state index is -0.347. The zero-order valence-electron chi connectivity index (χ0n) is 25.1. The average molecular weight is 543 g/mol. The van der Waals surface area contributed by atoms with Gasteiger partial charge in [0.1, 0.15) is 5.75 Å². The molecule has 0 aliphatic carbocycles. The zero-order valence-corrected chi connectivity index (χ0v) is 25.1. The topological polar surface area (TPSA) is 35.5 Å². The van der Waals surface area contributed by atoms with Crippen LogP contribution in [0.1, 0.15) is 125 Å². The molecule has 216 valence electrons. The highest BCUT2D eigenvalue weighted by Gasteiger charge is 2.11. The molecule has 0 saturated heterocycles. The fourth-order valence-electron chi connectivity index (χ4n) is 4.98. The van der Waals surface area contributed by atoms with Crippen molar-refractivity contribution in [2.45, 2.75) is 110 Å². The fourth-order valence-corrected chi connectivity index (χ4v) is 4.98. The monoisotopic (exact) mass is 542 g/mol. The van der Waals surface area contributed by atoms with Crippen molar-refractivity contribution in [3.8, 4) is 16.9 Å². The van der Waals surface area contributed by atoms with E-state index in [0.29, 0.717) is 11.3 Å². The third-order valence-corrected chi connectivity index (χ3v) is 7.65. The van der Waals surface area contributed by atoms with E-state index in [9.17, 15) is 4.79 Å². The van der Waals surface area contributed by atoms with Gasteiger partial charge in [-0.2, -0.15) is 0 Å². The molecule has 0 fully saturated rings. The second-order valence-corrected chi connectivity index (χ2v) is 11.0. The van der Waals surface area contributed by atoms with Crippen LogP contribution in [-0.2, 0) is 11.2 Å². The van der Waals surface area contributed by atoms with Gasteiger partial charge in [0, 0.05) is 6.61 Å². The van der Waals surface area contributed by atoms with Crippen molar-refractivity contribution in [1.29, 1.82) is 0 Å². The number of hydrogen-bond acceptors (Lipinski definition) is 3. The normalized spacial score (nSPS) is 11.9. The maximum Gasteiger partial charge on any atom is 0.343 e. The third kappa shape index (κ3) is 11.3. The van der Waals surface area contributed by atoms with Gasteiger partial charge in [-0.05, 0) is 72.7 Å². The lowest BCUT2D eigenvalue weighted by Gasteiger charge is -2.14. The molecule has 1 atom stereocenters. The van der Waals surface area contributed by atoms with Gasteiger partial charge in [0.05, 0.1) is 11.7 Å². The molecular weight excluding hydrogens is 492 g/mol. The maximum absolute atomic E-state index is 12.7. The van der Waals surface area contributed by atoms with Gasteiger partial charge >= 0.3 is 5.97 Å². The predicted octanol–water partition coefficient (Wildman–Crippen LogP) is 10.9. The Bertz CT molecular complexity index is 1080. The van der Waals surface area contributed by atoms with Gasteiger partial charge in [-0.1, -0.05) is 127 Å². The lowest BCUT2D eigenvalue weighted by Crippen LogP contribution is -2.08. The largest absolute Gasteiger partial charge is 0.423 e. The van der Waals surface area contributed by atoms with Gasteiger partial charge < -0.3 is 9.47 Å². The number of ether oxygens (including phenoxy) is 2. The molecule has 3 aromatic carbocycles. The highest BCUT2D eigenvalue weighted by molar-refractivity contribution is 5.91. The molecule has 0 amide bonds. The van der Waals surface area contributed by atoms with Crippen LogP contribution in [-0.4, -0.2) is 12.6 Å². The van der Waals surface area contributed by atoms with E-state index >= 15 is 0 Å². The minimum Gasteiger partial charge on any atom is -0.423 e. The molecule has 0 bridgehead atoms. The molecule has 0 N–H and O–H groups in total. The summed E-state index contributed by atoms with van der Waals surface area (Å²) < 4.78 is 11.7. The first-order valence-corrected chi connectivity index (χ1v) is 15.7. The van der Waals surface area contributed by atoms with Gasteiger partial charge in [0.2, 0.25) is 0 Å². The summed E-state index contributed by atoms with van der Waals surface area (Å²) in [4.78, 5) is 12.7. The van der Waals surface area contributed by atoms with E-state index in [1.165, 1.54) is 76.2 Å². The van der Waals surface area contributed by atoms with E-state index < -0.39 is 0 Å². The number of aryl methyl sites for hydroxylation is 1. The summed E-state index contributed by atoms with van der Waals surface area (Å²) >= 11 is 0. The second-order valence-electron chi connectivity index (χ2n) is 11.0. The number of unbranched alkanes of at least 4 members (excludes halogenated alkanes) is 10. The molecule has 3 rings (SSSR count). The van der Waals surface area contributed by atoms with Gasteiger partial charge in [0.15, 0.2) is 0 Å². The standard InChI is InChI=1S/C37H50O3/c1-4-6-8-10-11-12-13-15-29-39-30(3)32-25-27-36(28-26-32)40-37(38)35-23-21-34(22-24-35)33-19-17-31(18-20-33)16-14-9-7-5-2/h17-28,30H,4-16,29H2,1-3H3. The SMILES string of the molecule is CCCCCCCCCCOC(C)c1ccc(OC(=O)c2ccc(-c3ccc(CCCCCC)cc3)cc2)cc1.